The number of carbonyl (C=O) groups excluding carboxylic acids is 4. The summed E-state index contributed by atoms with van der Waals surface area (Å²) in [5.74, 6) is 1.18. The highest BCUT2D eigenvalue weighted by Crippen LogP contribution is 2.37. The lowest BCUT2D eigenvalue weighted by atomic mass is 9.95. The Morgan fingerprint density at radius 2 is 0.955 bits per heavy atom. The molecule has 9 heterocycles. The molecule has 110 heavy (non-hydrogen) atoms. The number of aliphatic carboxylic acids is 2. The van der Waals surface area contributed by atoms with Crippen molar-refractivity contribution in [3.63, 3.8) is 0 Å². The zero-order valence-electron chi connectivity index (χ0n) is 61.8. The first-order valence-corrected chi connectivity index (χ1v) is 36.9. The number of hydrogen-bond acceptors (Lipinski definition) is 23. The normalized spacial score (nSPS) is 17.0. The van der Waals surface area contributed by atoms with Crippen molar-refractivity contribution in [3.8, 4) is 0 Å². The molecule has 4 aromatic heterocycles. The van der Waals surface area contributed by atoms with Gasteiger partial charge in [0, 0.05) is 77.4 Å². The summed E-state index contributed by atoms with van der Waals surface area (Å²) in [5.41, 5.74) is 41.9. The molecule has 19 N–H and O–H groups in total. The molecule has 6 unspecified atom stereocenters. The Balaban J connectivity index is 0.000000179. The van der Waals surface area contributed by atoms with Gasteiger partial charge in [-0.05, 0) is 179 Å². The lowest BCUT2D eigenvalue weighted by Gasteiger charge is -2.17. The molecule has 0 spiro atoms. The van der Waals surface area contributed by atoms with Gasteiger partial charge in [0.15, 0.2) is 0 Å². The molecule has 5 aliphatic heterocycles. The number of rotatable bonds is 13. The molecule has 1 fully saturated rings. The van der Waals surface area contributed by atoms with Gasteiger partial charge in [-0.25, -0.2) is 19.9 Å². The van der Waals surface area contributed by atoms with Gasteiger partial charge in [0.05, 0.1) is 77.3 Å². The van der Waals surface area contributed by atoms with Crippen LogP contribution >= 0.6 is 15.9 Å². The van der Waals surface area contributed by atoms with Crippen LogP contribution in [0.5, 0.6) is 0 Å². The number of nitrogens with zero attached hydrogens (tertiary/aromatic N) is 11. The summed E-state index contributed by atoms with van der Waals surface area (Å²) in [6.07, 6.45) is 4.21. The Labute approximate surface area is 640 Å². The van der Waals surface area contributed by atoms with Crippen molar-refractivity contribution >= 4 is 112 Å². The van der Waals surface area contributed by atoms with E-state index in [2.05, 4.69) is 135 Å². The standard InChI is InChI=1S/C15H16N4O3.C13H15N3O.C11H15N3O4.2C11H13N3.C7H6BrNO2.C4H10N2O2.H2O4S.H2O/c1-7-11(18-5-6-18)14(22)10-12(13(7)21)19-4-3-9(15(19)17-10)16-8(2)20;1-8-3-4-10-12(7-8)16-6-5-11(13(16)15-10)14-9(2)17;1-7-2-3-10(14(17)18)9(6-7)13-5-4-8(12)11(15)16;2*1-7-2-3-9-10(6-7)14-5-4-8(12)11(14)13-9;1-5-2-3-7(9(10)11)6(8)4-5;5-2-1-3(6)4(7)8;1-5(2,3)4;/h9H,3-6H2,1-2H3,(H,16,20);3-4,7,11H,5-6H2,1-2H3,(H,14,17);2-3,6,8,13H,4-5,12H2,1H3,(H,15,16);2*2-3,6,8H,4-5,12H2,1H3;2-4H,1H3;3H,1-2,5-6H2,(H,7,8);(H2,1,2,3,4);1H2. The van der Waals surface area contributed by atoms with E-state index >= 15 is 0 Å². The highest BCUT2D eigenvalue weighted by molar-refractivity contribution is 9.10. The van der Waals surface area contributed by atoms with Crippen molar-refractivity contribution < 1.29 is 71.8 Å². The van der Waals surface area contributed by atoms with Gasteiger partial charge in [-0.3, -0.25) is 58.1 Å². The number of carboxylic acid groups (broad SMARTS) is 2. The highest BCUT2D eigenvalue weighted by atomic mass is 79.9. The van der Waals surface area contributed by atoms with Crippen LogP contribution < -0.4 is 44.6 Å². The fourth-order valence-corrected chi connectivity index (χ4v) is 13.3. The summed E-state index contributed by atoms with van der Waals surface area (Å²) < 4.78 is 40.6. The number of nitro groups is 2. The summed E-state index contributed by atoms with van der Waals surface area (Å²) in [7, 11) is -4.67. The number of benzene rings is 5. The largest absolute Gasteiger partial charge is 0.480 e. The molecule has 590 valence electrons. The number of hydrogen-bond donors (Lipinski definition) is 12. The van der Waals surface area contributed by atoms with Gasteiger partial charge in [0.1, 0.15) is 52.5 Å². The summed E-state index contributed by atoms with van der Waals surface area (Å²) in [6.45, 7) is 20.5. The molecule has 0 saturated carbocycles. The minimum atomic E-state index is -4.67. The molecule has 0 radical (unpaired) electrons. The predicted molar refractivity (Wildman–Crippen MR) is 413 cm³/mol. The van der Waals surface area contributed by atoms with Crippen LogP contribution in [-0.4, -0.2) is 160 Å². The molecule has 5 aromatic carbocycles. The third-order valence-electron chi connectivity index (χ3n) is 18.1. The summed E-state index contributed by atoms with van der Waals surface area (Å²) in [5, 5.41) is 46.4. The fraction of sp³-hybridized carbons (Fsp3) is 0.389. The maximum atomic E-state index is 12.7. The Morgan fingerprint density at radius 3 is 1.36 bits per heavy atom. The van der Waals surface area contributed by atoms with Gasteiger partial charge in [0.2, 0.25) is 23.4 Å². The molecule has 15 rings (SSSR count). The number of halogens is 1. The molecule has 38 heteroatoms. The van der Waals surface area contributed by atoms with Crippen LogP contribution in [0.4, 0.5) is 17.1 Å². The van der Waals surface area contributed by atoms with Crippen molar-refractivity contribution in [1.82, 2.24) is 53.7 Å². The average Bonchev–Trinajstić information content (AvgIpc) is 1.57. The number of amides is 2. The predicted octanol–water partition coefficient (Wildman–Crippen LogP) is 6.91. The van der Waals surface area contributed by atoms with Gasteiger partial charge in [-0.2, -0.15) is 8.42 Å². The van der Waals surface area contributed by atoms with E-state index in [-0.39, 0.29) is 83.1 Å². The highest BCUT2D eigenvalue weighted by Gasteiger charge is 2.43. The van der Waals surface area contributed by atoms with Crippen molar-refractivity contribution in [2.75, 3.05) is 31.5 Å². The topological polar surface area (TPSA) is 576 Å². The molecule has 6 atom stereocenters. The van der Waals surface area contributed by atoms with E-state index in [4.69, 9.17) is 56.4 Å². The number of carbonyl (C=O) groups is 6. The molecule has 1 saturated heterocycles. The van der Waals surface area contributed by atoms with Crippen molar-refractivity contribution in [2.24, 2.45) is 28.7 Å². The average molecular weight is 1610 g/mol. The van der Waals surface area contributed by atoms with E-state index in [1.165, 1.54) is 52.3 Å². The van der Waals surface area contributed by atoms with Crippen LogP contribution in [0.2, 0.25) is 0 Å². The lowest BCUT2D eigenvalue weighted by molar-refractivity contribution is -0.385. The third kappa shape index (κ3) is 22.0. The number of nitrogens with two attached hydrogens (primary N) is 5. The van der Waals surface area contributed by atoms with Gasteiger partial charge < -0.3 is 83.5 Å². The Kier molecular flexibility index (Phi) is 29.5. The Bertz CT molecular complexity index is 5010. The number of imidazole rings is 4. The number of ketones is 2. The number of nitro benzene ring substituents is 2. The molecular formula is C72H92BrN19O17S. The first-order valence-electron chi connectivity index (χ1n) is 34.7. The smallest absolute Gasteiger partial charge is 0.394 e. The summed E-state index contributed by atoms with van der Waals surface area (Å²) in [4.78, 5) is 108. The number of fused-ring (bicyclic) bond motifs is 12. The summed E-state index contributed by atoms with van der Waals surface area (Å²) >= 11 is 3.11. The van der Waals surface area contributed by atoms with Crippen molar-refractivity contribution in [2.45, 2.75) is 156 Å². The van der Waals surface area contributed by atoms with Crippen LogP contribution in [0.15, 0.2) is 107 Å². The Morgan fingerprint density at radius 1 is 0.573 bits per heavy atom. The molecule has 6 aliphatic rings. The minimum Gasteiger partial charge on any atom is -0.480 e. The second-order valence-electron chi connectivity index (χ2n) is 26.8. The number of aromatic nitrogens is 8. The summed E-state index contributed by atoms with van der Waals surface area (Å²) in [6, 6.07) is 26.9. The zero-order chi connectivity index (χ0) is 80.2. The van der Waals surface area contributed by atoms with E-state index in [0.717, 1.165) is 97.1 Å². The molecule has 2 amide bonds. The number of Topliss-reactive ketones (excluding diaryl/α,β-unsaturated/α-hetero) is 2. The molecule has 0 bridgehead atoms. The van der Waals surface area contributed by atoms with Gasteiger partial charge in [-0.1, -0.05) is 30.3 Å². The van der Waals surface area contributed by atoms with Gasteiger partial charge >= 0.3 is 22.3 Å². The van der Waals surface area contributed by atoms with Gasteiger partial charge in [0.25, 0.3) is 11.4 Å². The van der Waals surface area contributed by atoms with E-state index in [0.29, 0.717) is 58.9 Å². The monoisotopic (exact) mass is 1610 g/mol. The lowest BCUT2D eigenvalue weighted by Crippen LogP contribution is -2.32. The van der Waals surface area contributed by atoms with E-state index in [1.54, 1.807) is 42.7 Å². The number of aryl methyl sites for hydroxylation is 8. The zero-order valence-corrected chi connectivity index (χ0v) is 64.2. The number of anilines is 1. The molecule has 36 nitrogen and oxygen atoms in total. The number of allylic oxidation sites excluding steroid dienone is 2. The van der Waals surface area contributed by atoms with E-state index < -0.39 is 44.3 Å². The molecule has 1 aliphatic carbocycles. The maximum Gasteiger partial charge on any atom is 0.394 e. The van der Waals surface area contributed by atoms with Crippen LogP contribution in [0.1, 0.15) is 156 Å². The minimum absolute atomic E-state index is 0. The van der Waals surface area contributed by atoms with Gasteiger partial charge in [-0.15, -0.1) is 0 Å². The van der Waals surface area contributed by atoms with Crippen molar-refractivity contribution in [3.05, 3.63) is 189 Å². The van der Waals surface area contributed by atoms with Crippen LogP contribution in [-0.2, 0) is 55.8 Å². The van der Waals surface area contributed by atoms with Crippen LogP contribution in [0.3, 0.4) is 0 Å². The maximum absolute atomic E-state index is 12.7. The Hall–Kier alpha value is -10.8. The number of carboxylic acids is 2. The van der Waals surface area contributed by atoms with E-state index in [9.17, 15) is 49.0 Å². The number of nitrogens with one attached hydrogen (secondary N) is 3. The molecule has 9 aromatic rings. The third-order valence-corrected chi connectivity index (χ3v) is 18.7. The molecular weight excluding hydrogens is 1510 g/mol. The van der Waals surface area contributed by atoms with Crippen LogP contribution in [0, 0.1) is 54.8 Å². The second kappa shape index (κ2) is 37.5. The first kappa shape index (κ1) is 86.4. The quantitative estimate of drug-likeness (QED) is 0.0241. The van der Waals surface area contributed by atoms with Crippen molar-refractivity contribution in [1.29, 1.82) is 0 Å². The first-order chi connectivity index (χ1) is 51.3. The fourth-order valence-electron chi connectivity index (χ4n) is 12.7. The van der Waals surface area contributed by atoms with Crippen LogP contribution in [0.25, 0.3) is 33.1 Å². The van der Waals surface area contributed by atoms with E-state index in [1.807, 2.05) is 24.8 Å². The second-order valence-corrected chi connectivity index (χ2v) is 28.5. The SMILES string of the molecule is CC(=O)NC1CCn2c1nc1c2C(=O)C(C)=C(N2CC2)C1=O.CC(=O)NC1CCn2c1nc1ccc(C)cc12.Cc1ccc([N+](=O)[O-])c(Br)c1.Cc1ccc([N+](=O)[O-])c(NCCC(N)C(=O)O)c1.Cc1ccc2nc3n(c2c1)CCC3N.Cc1ccc2nc3n(c2c1)CCC3N.NCCC(N)C(=O)O.O.O=S(=O)(O)O.